The maximum absolute atomic E-state index is 12.9. The molecule has 1 atom stereocenters. The Balaban J connectivity index is 0.00000160. The molecule has 2 aromatic heterocycles. The van der Waals surface area contributed by atoms with E-state index in [4.69, 9.17) is 4.74 Å². The van der Waals surface area contributed by atoms with Gasteiger partial charge < -0.3 is 14.6 Å². The molecule has 2 aliphatic rings. The van der Waals surface area contributed by atoms with Gasteiger partial charge in [-0.15, -0.1) is 24.8 Å². The van der Waals surface area contributed by atoms with Gasteiger partial charge in [-0.25, -0.2) is 0 Å². The average molecular weight is 542 g/mol. The average Bonchev–Trinajstić information content (AvgIpc) is 3.49. The number of nitrogens with zero attached hydrogens (tertiary/aromatic N) is 3. The van der Waals surface area contributed by atoms with Crippen molar-refractivity contribution in [1.29, 1.82) is 0 Å². The van der Waals surface area contributed by atoms with E-state index in [9.17, 15) is 4.79 Å². The fraction of sp³-hybridized carbons (Fsp3) is 0.345. The number of fused-ring (bicyclic) bond motifs is 3. The second-order valence-electron chi connectivity index (χ2n) is 9.81. The number of ether oxygens (including phenoxy) is 1. The summed E-state index contributed by atoms with van der Waals surface area (Å²) in [4.78, 5) is 15.5. The fourth-order valence-electron chi connectivity index (χ4n) is 5.63. The molecule has 6 nitrogen and oxygen atoms in total. The van der Waals surface area contributed by atoms with Crippen LogP contribution in [0.15, 0.2) is 71.7 Å². The van der Waals surface area contributed by atoms with Crippen LogP contribution in [0.25, 0.3) is 16.6 Å². The smallest absolute Gasteiger partial charge is 0.258 e. The summed E-state index contributed by atoms with van der Waals surface area (Å²) in [6, 6.07) is 20.4. The van der Waals surface area contributed by atoms with Crippen LogP contribution in [0.5, 0.6) is 5.75 Å². The molecule has 0 aliphatic carbocycles. The molecule has 6 rings (SSSR count). The molecule has 0 unspecified atom stereocenters. The number of aryl methyl sites for hydroxylation is 1. The van der Waals surface area contributed by atoms with Gasteiger partial charge in [0, 0.05) is 56.1 Å². The number of hydrogen-bond acceptors (Lipinski definition) is 4. The quantitative estimate of drug-likeness (QED) is 0.379. The molecular weight excluding hydrogens is 507 g/mol. The van der Waals surface area contributed by atoms with E-state index in [-0.39, 0.29) is 30.4 Å². The van der Waals surface area contributed by atoms with Crippen molar-refractivity contribution < 1.29 is 4.74 Å². The van der Waals surface area contributed by atoms with Crippen molar-refractivity contribution in [1.82, 2.24) is 19.4 Å². The van der Waals surface area contributed by atoms with Crippen LogP contribution in [0.2, 0.25) is 0 Å². The van der Waals surface area contributed by atoms with Crippen LogP contribution in [-0.2, 0) is 26.6 Å². The normalized spacial score (nSPS) is 17.2. The third kappa shape index (κ3) is 5.58. The molecule has 0 amide bonds. The van der Waals surface area contributed by atoms with E-state index < -0.39 is 0 Å². The second-order valence-corrected chi connectivity index (χ2v) is 9.81. The summed E-state index contributed by atoms with van der Waals surface area (Å²) in [6.45, 7) is 4.82. The zero-order valence-corrected chi connectivity index (χ0v) is 22.7. The van der Waals surface area contributed by atoms with Gasteiger partial charge in [0.2, 0.25) is 0 Å². The lowest BCUT2D eigenvalue weighted by atomic mass is 10.0. The molecule has 0 spiro atoms. The molecule has 2 aliphatic heterocycles. The highest BCUT2D eigenvalue weighted by molar-refractivity contribution is 5.87. The van der Waals surface area contributed by atoms with Crippen molar-refractivity contribution in [2.45, 2.75) is 38.5 Å². The van der Waals surface area contributed by atoms with Crippen molar-refractivity contribution in [3.05, 3.63) is 94.0 Å². The lowest BCUT2D eigenvalue weighted by Gasteiger charge is -2.30. The van der Waals surface area contributed by atoms with Crippen LogP contribution < -0.4 is 15.6 Å². The Labute approximate surface area is 230 Å². The maximum Gasteiger partial charge on any atom is 0.258 e. The number of halogens is 2. The van der Waals surface area contributed by atoms with Crippen molar-refractivity contribution in [3.63, 3.8) is 0 Å². The van der Waals surface area contributed by atoms with Gasteiger partial charge in [0.15, 0.2) is 0 Å². The molecule has 2 aromatic carbocycles. The molecule has 8 heteroatoms. The van der Waals surface area contributed by atoms with Crippen LogP contribution in [0.1, 0.15) is 29.7 Å². The fourth-order valence-corrected chi connectivity index (χ4v) is 5.63. The number of rotatable bonds is 6. The summed E-state index contributed by atoms with van der Waals surface area (Å²) >= 11 is 0. The Hall–Kier alpha value is -2.77. The third-order valence-corrected chi connectivity index (χ3v) is 7.53. The van der Waals surface area contributed by atoms with Crippen LogP contribution >= 0.6 is 24.8 Å². The monoisotopic (exact) mass is 540 g/mol. The van der Waals surface area contributed by atoms with Gasteiger partial charge >= 0.3 is 0 Å². The Morgan fingerprint density at radius 2 is 1.89 bits per heavy atom. The van der Waals surface area contributed by atoms with Gasteiger partial charge in [0.25, 0.3) is 5.56 Å². The zero-order chi connectivity index (χ0) is 23.8. The minimum absolute atomic E-state index is 0. The molecule has 1 saturated heterocycles. The Morgan fingerprint density at radius 1 is 1.05 bits per heavy atom. The van der Waals surface area contributed by atoms with E-state index in [0.29, 0.717) is 18.4 Å². The number of hydrogen-bond donors (Lipinski definition) is 1. The first-order valence-electron chi connectivity index (χ1n) is 12.6. The van der Waals surface area contributed by atoms with Crippen LogP contribution in [0.3, 0.4) is 0 Å². The molecule has 196 valence electrons. The molecule has 37 heavy (non-hydrogen) atoms. The predicted octanol–water partition coefficient (Wildman–Crippen LogP) is 4.86. The highest BCUT2D eigenvalue weighted by Crippen LogP contribution is 2.31. The second kappa shape index (κ2) is 11.7. The molecule has 4 heterocycles. The van der Waals surface area contributed by atoms with Gasteiger partial charge in [-0.05, 0) is 55.1 Å². The van der Waals surface area contributed by atoms with E-state index >= 15 is 0 Å². The van der Waals surface area contributed by atoms with Crippen molar-refractivity contribution >= 4 is 35.7 Å². The largest absolute Gasteiger partial charge is 0.489 e. The summed E-state index contributed by atoms with van der Waals surface area (Å²) in [6.07, 6.45) is 5.46. The zero-order valence-electron chi connectivity index (χ0n) is 21.1. The highest BCUT2D eigenvalue weighted by atomic mass is 35.5. The van der Waals surface area contributed by atoms with Crippen LogP contribution in [0.4, 0.5) is 0 Å². The van der Waals surface area contributed by atoms with Crippen LogP contribution in [-0.4, -0.2) is 39.7 Å². The molecule has 0 saturated carbocycles. The Morgan fingerprint density at radius 3 is 2.65 bits per heavy atom. The Kier molecular flexibility index (Phi) is 8.65. The van der Waals surface area contributed by atoms with Gasteiger partial charge in [0.05, 0.1) is 11.2 Å². The minimum Gasteiger partial charge on any atom is -0.489 e. The van der Waals surface area contributed by atoms with Gasteiger partial charge in [-0.1, -0.05) is 36.4 Å². The Bertz CT molecular complexity index is 1410. The summed E-state index contributed by atoms with van der Waals surface area (Å²) in [5.74, 6) is 0.586. The summed E-state index contributed by atoms with van der Waals surface area (Å²) in [5.41, 5.74) is 5.91. The minimum atomic E-state index is -0.0934. The molecule has 0 radical (unpaired) electrons. The molecule has 0 bridgehead atoms. The number of nitrogens with one attached hydrogen (secondary N) is 1. The molecule has 1 N–H and O–H groups in total. The van der Waals surface area contributed by atoms with Gasteiger partial charge in [-0.2, -0.15) is 0 Å². The van der Waals surface area contributed by atoms with Gasteiger partial charge in [0.1, 0.15) is 12.4 Å². The van der Waals surface area contributed by atoms with E-state index in [0.717, 1.165) is 43.9 Å². The highest BCUT2D eigenvalue weighted by Gasteiger charge is 2.25. The number of aromatic nitrogens is 2. The summed E-state index contributed by atoms with van der Waals surface area (Å²) < 4.78 is 9.86. The van der Waals surface area contributed by atoms with Crippen molar-refractivity contribution in [3.8, 4) is 11.4 Å². The van der Waals surface area contributed by atoms with Crippen LogP contribution in [0, 0.1) is 0 Å². The number of pyridine rings is 1. The van der Waals surface area contributed by atoms with Crippen molar-refractivity contribution in [2.75, 3.05) is 19.6 Å². The lowest BCUT2D eigenvalue weighted by Crippen LogP contribution is -2.40. The first kappa shape index (κ1) is 27.3. The number of benzene rings is 2. The van der Waals surface area contributed by atoms with E-state index in [1.54, 1.807) is 10.6 Å². The first-order valence-corrected chi connectivity index (χ1v) is 12.6. The summed E-state index contributed by atoms with van der Waals surface area (Å²) in [7, 11) is 2.16. The summed E-state index contributed by atoms with van der Waals surface area (Å²) in [5, 5.41) is 4.94. The molecular formula is C29H34Cl2N4O2. The topological polar surface area (TPSA) is 51.4 Å². The third-order valence-electron chi connectivity index (χ3n) is 7.53. The van der Waals surface area contributed by atoms with E-state index in [2.05, 4.69) is 40.0 Å². The predicted molar refractivity (Wildman–Crippen MR) is 154 cm³/mol. The van der Waals surface area contributed by atoms with Gasteiger partial charge in [-0.3, -0.25) is 14.3 Å². The first-order chi connectivity index (χ1) is 17.2. The molecule has 1 fully saturated rings. The van der Waals surface area contributed by atoms with E-state index in [1.807, 2.05) is 42.6 Å². The lowest BCUT2D eigenvalue weighted by molar-refractivity contribution is 0.227. The molecule has 4 aromatic rings. The van der Waals surface area contributed by atoms with E-state index in [1.165, 1.54) is 35.0 Å². The van der Waals surface area contributed by atoms with Crippen molar-refractivity contribution in [2.24, 2.45) is 7.05 Å². The standard InChI is InChI=1S/C29H32N4O2.2ClH/c1-31-27-16-23(33-15-11-24(17-29(33)34)35-20-21-6-3-2-4-7-21)9-10-25(27)26-12-14-32(19-28(26)31)18-22-8-5-13-30-22;;/h2-4,6-7,9-11,15-17,22,30H,5,8,12-14,18-20H2,1H3;2*1H/t22-;;/m0../s1. The maximum atomic E-state index is 12.9. The SMILES string of the molecule is Cl.Cl.Cn1c2c(c3ccc(-n4ccc(OCc5ccccc5)cc4=O)cc31)CCN(C[C@@H]1CCCN1)C2.